The van der Waals surface area contributed by atoms with Crippen molar-refractivity contribution in [1.82, 2.24) is 4.90 Å². The standard InChI is InChI=1S/C32H47N7O6/c1-32(2,3)45-31(42)39-13-9-20(10-14-39)8-7-15-44-26-19-22(30(36)41)17-24(34)28(26)38-12-6-5-11-37-27-23(33)16-21(29(35)40)18-25(27)43-4/h5-6,16-20,37-38H,7-15,33-34H2,1-4H3,(H2,35,40)(H2,36,41)/b6-5+. The van der Waals surface area contributed by atoms with Crippen LogP contribution in [0.4, 0.5) is 27.5 Å². The summed E-state index contributed by atoms with van der Waals surface area (Å²) < 4.78 is 16.9. The van der Waals surface area contributed by atoms with Gasteiger partial charge in [0.1, 0.15) is 28.5 Å². The van der Waals surface area contributed by atoms with E-state index in [4.69, 9.17) is 37.1 Å². The molecular weight excluding hydrogens is 578 g/mol. The van der Waals surface area contributed by atoms with Gasteiger partial charge in [0.25, 0.3) is 0 Å². The van der Waals surface area contributed by atoms with Crippen LogP contribution in [0.25, 0.3) is 0 Å². The Morgan fingerprint density at radius 3 is 1.89 bits per heavy atom. The van der Waals surface area contributed by atoms with Crippen LogP contribution in [0.15, 0.2) is 36.4 Å². The van der Waals surface area contributed by atoms with Gasteiger partial charge in [-0.2, -0.15) is 0 Å². The van der Waals surface area contributed by atoms with E-state index in [1.807, 2.05) is 32.9 Å². The Hall–Kier alpha value is -4.81. The Kier molecular flexibility index (Phi) is 12.2. The van der Waals surface area contributed by atoms with E-state index in [0.29, 0.717) is 73.0 Å². The number of amides is 3. The molecule has 0 saturated carbocycles. The number of ether oxygens (including phenoxy) is 3. The number of rotatable bonds is 14. The average molecular weight is 626 g/mol. The number of primary amides is 2. The van der Waals surface area contributed by atoms with Gasteiger partial charge < -0.3 is 52.7 Å². The lowest BCUT2D eigenvalue weighted by Gasteiger charge is -2.33. The highest BCUT2D eigenvalue weighted by atomic mass is 16.6. The van der Waals surface area contributed by atoms with Crippen molar-refractivity contribution in [3.8, 4) is 11.5 Å². The van der Waals surface area contributed by atoms with Gasteiger partial charge in [0.2, 0.25) is 11.8 Å². The van der Waals surface area contributed by atoms with E-state index in [1.54, 1.807) is 11.0 Å². The first-order chi connectivity index (χ1) is 21.3. The van der Waals surface area contributed by atoms with Crippen molar-refractivity contribution in [2.45, 2.75) is 52.1 Å². The van der Waals surface area contributed by atoms with Crippen LogP contribution in [0.5, 0.6) is 11.5 Å². The highest BCUT2D eigenvalue weighted by Crippen LogP contribution is 2.34. The summed E-state index contributed by atoms with van der Waals surface area (Å²) in [4.78, 5) is 37.5. The molecular formula is C32H47N7O6. The van der Waals surface area contributed by atoms with Gasteiger partial charge in [-0.3, -0.25) is 9.59 Å². The van der Waals surface area contributed by atoms with Crippen molar-refractivity contribution in [1.29, 1.82) is 0 Å². The predicted molar refractivity (Wildman–Crippen MR) is 177 cm³/mol. The largest absolute Gasteiger partial charge is 0.494 e. The van der Waals surface area contributed by atoms with Gasteiger partial charge >= 0.3 is 6.09 Å². The van der Waals surface area contributed by atoms with E-state index in [9.17, 15) is 14.4 Å². The number of hydrogen-bond acceptors (Lipinski definition) is 10. The smallest absolute Gasteiger partial charge is 0.410 e. The molecule has 0 unspecified atom stereocenters. The normalized spacial score (nSPS) is 13.8. The Bertz CT molecular complexity index is 1380. The Balaban J connectivity index is 1.51. The molecule has 0 aromatic heterocycles. The monoisotopic (exact) mass is 625 g/mol. The van der Waals surface area contributed by atoms with Crippen LogP contribution < -0.4 is 43.0 Å². The van der Waals surface area contributed by atoms with E-state index in [0.717, 1.165) is 25.7 Å². The van der Waals surface area contributed by atoms with Crippen molar-refractivity contribution in [3.63, 3.8) is 0 Å². The van der Waals surface area contributed by atoms with Crippen molar-refractivity contribution in [2.75, 3.05) is 62.0 Å². The number of benzene rings is 2. The molecule has 1 aliphatic heterocycles. The Morgan fingerprint density at radius 1 is 0.889 bits per heavy atom. The molecule has 0 bridgehead atoms. The summed E-state index contributed by atoms with van der Waals surface area (Å²) in [7, 11) is 1.48. The highest BCUT2D eigenvalue weighted by Gasteiger charge is 2.26. The quantitative estimate of drug-likeness (QED) is 0.101. The summed E-state index contributed by atoms with van der Waals surface area (Å²) in [6.07, 6.45) is 7.09. The lowest BCUT2D eigenvalue weighted by atomic mass is 9.92. The highest BCUT2D eigenvalue weighted by molar-refractivity contribution is 5.97. The van der Waals surface area contributed by atoms with Crippen molar-refractivity contribution in [3.05, 3.63) is 47.5 Å². The first kappa shape index (κ1) is 34.7. The second-order valence-electron chi connectivity index (χ2n) is 11.9. The number of anilines is 4. The number of carbonyl (C=O) groups is 3. The molecule has 10 N–H and O–H groups in total. The predicted octanol–water partition coefficient (Wildman–Crippen LogP) is 3.94. The SMILES string of the molecule is COc1cc(C(N)=O)cc(N)c1NC/C=C/CNc1c(N)cc(C(N)=O)cc1OCCCC1CCN(C(=O)OC(C)(C)C)CC1. The molecule has 0 aliphatic carbocycles. The van der Waals surface area contributed by atoms with Gasteiger partial charge in [-0.05, 0) is 76.6 Å². The third-order valence-electron chi connectivity index (χ3n) is 7.29. The summed E-state index contributed by atoms with van der Waals surface area (Å²) in [5, 5.41) is 6.43. The second kappa shape index (κ2) is 15.8. The number of piperidine rings is 1. The number of nitrogens with two attached hydrogens (primary N) is 4. The summed E-state index contributed by atoms with van der Waals surface area (Å²) in [5.74, 6) is 0.149. The molecule has 0 atom stereocenters. The van der Waals surface area contributed by atoms with Gasteiger partial charge in [0.05, 0.1) is 25.1 Å². The molecule has 2 aromatic carbocycles. The maximum absolute atomic E-state index is 12.3. The molecule has 13 heteroatoms. The summed E-state index contributed by atoms with van der Waals surface area (Å²) >= 11 is 0. The minimum Gasteiger partial charge on any atom is -0.494 e. The summed E-state index contributed by atoms with van der Waals surface area (Å²) in [5.41, 5.74) is 25.0. The average Bonchev–Trinajstić information content (AvgIpc) is 2.97. The summed E-state index contributed by atoms with van der Waals surface area (Å²) in [6, 6.07) is 6.14. The van der Waals surface area contributed by atoms with Gasteiger partial charge in [-0.15, -0.1) is 0 Å². The van der Waals surface area contributed by atoms with Crippen LogP contribution in [0, 0.1) is 5.92 Å². The molecule has 3 amide bonds. The van der Waals surface area contributed by atoms with E-state index in [1.165, 1.54) is 25.3 Å². The zero-order chi connectivity index (χ0) is 33.1. The Morgan fingerprint density at radius 2 is 1.40 bits per heavy atom. The molecule has 1 fully saturated rings. The molecule has 45 heavy (non-hydrogen) atoms. The molecule has 246 valence electrons. The van der Waals surface area contributed by atoms with E-state index >= 15 is 0 Å². The fraction of sp³-hybridized carbons (Fsp3) is 0.469. The molecule has 13 nitrogen and oxygen atoms in total. The number of nitrogen functional groups attached to an aromatic ring is 2. The second-order valence-corrected chi connectivity index (χ2v) is 11.9. The van der Waals surface area contributed by atoms with Gasteiger partial charge in [-0.25, -0.2) is 4.79 Å². The lowest BCUT2D eigenvalue weighted by Crippen LogP contribution is -2.41. The number of carbonyl (C=O) groups excluding carboxylic acids is 3. The Labute approximate surface area is 264 Å². The van der Waals surface area contributed by atoms with E-state index in [-0.39, 0.29) is 17.2 Å². The zero-order valence-corrected chi connectivity index (χ0v) is 26.6. The fourth-order valence-corrected chi connectivity index (χ4v) is 4.99. The van der Waals surface area contributed by atoms with Crippen molar-refractivity contribution >= 4 is 40.7 Å². The van der Waals surface area contributed by atoms with Gasteiger partial charge in [-0.1, -0.05) is 12.2 Å². The maximum Gasteiger partial charge on any atom is 0.410 e. The first-order valence-electron chi connectivity index (χ1n) is 15.0. The minimum absolute atomic E-state index is 0.258. The number of nitrogens with zero attached hydrogens (tertiary/aromatic N) is 1. The molecule has 3 rings (SSSR count). The molecule has 1 aliphatic rings. The zero-order valence-electron chi connectivity index (χ0n) is 26.6. The topological polar surface area (TPSA) is 210 Å². The van der Waals surface area contributed by atoms with Crippen LogP contribution in [-0.2, 0) is 4.74 Å². The molecule has 2 aromatic rings. The molecule has 0 spiro atoms. The van der Waals surface area contributed by atoms with Crippen LogP contribution in [-0.4, -0.2) is 68.3 Å². The van der Waals surface area contributed by atoms with Gasteiger partial charge in [0.15, 0.2) is 0 Å². The lowest BCUT2D eigenvalue weighted by molar-refractivity contribution is 0.0179. The number of likely N-dealkylation sites (tertiary alicyclic amines) is 1. The third-order valence-corrected chi connectivity index (χ3v) is 7.29. The third kappa shape index (κ3) is 10.4. The van der Waals surface area contributed by atoms with E-state index in [2.05, 4.69) is 10.6 Å². The number of nitrogens with one attached hydrogen (secondary N) is 2. The van der Waals surface area contributed by atoms with Crippen LogP contribution in [0.3, 0.4) is 0 Å². The first-order valence-corrected chi connectivity index (χ1v) is 15.0. The minimum atomic E-state index is -0.598. The van der Waals surface area contributed by atoms with Gasteiger partial charge in [0, 0.05) is 37.3 Å². The van der Waals surface area contributed by atoms with Crippen molar-refractivity contribution < 1.29 is 28.6 Å². The number of methoxy groups -OCH3 is 1. The summed E-state index contributed by atoms with van der Waals surface area (Å²) in [6.45, 7) is 8.23. The molecule has 1 heterocycles. The van der Waals surface area contributed by atoms with Crippen LogP contribution in [0.1, 0.15) is 67.2 Å². The molecule has 0 radical (unpaired) electrons. The van der Waals surface area contributed by atoms with Crippen molar-refractivity contribution in [2.24, 2.45) is 17.4 Å². The van der Waals surface area contributed by atoms with Crippen LogP contribution in [0.2, 0.25) is 0 Å². The molecule has 1 saturated heterocycles. The fourth-order valence-electron chi connectivity index (χ4n) is 4.99. The number of hydrogen-bond donors (Lipinski definition) is 6. The van der Waals surface area contributed by atoms with E-state index < -0.39 is 17.4 Å². The van der Waals surface area contributed by atoms with Crippen LogP contribution >= 0.6 is 0 Å². The maximum atomic E-state index is 12.3.